The monoisotopic (exact) mass is 344 g/mol. The molecule has 0 amide bonds. The van der Waals surface area contributed by atoms with Crippen LogP contribution in [0.3, 0.4) is 0 Å². The molecule has 0 radical (unpaired) electrons. The number of halogens is 1. The third-order valence-corrected chi connectivity index (χ3v) is 5.36. The average molecular weight is 345 g/mol. The Morgan fingerprint density at radius 3 is 2.52 bits per heavy atom. The summed E-state index contributed by atoms with van der Waals surface area (Å²) >= 11 is 7.61. The van der Waals surface area contributed by atoms with Crippen molar-refractivity contribution in [2.24, 2.45) is 4.99 Å². The van der Waals surface area contributed by atoms with Crippen LogP contribution < -0.4 is 4.90 Å². The first-order chi connectivity index (χ1) is 10.9. The summed E-state index contributed by atoms with van der Waals surface area (Å²) in [4.78, 5) is 7.53. The molecule has 6 heteroatoms. The van der Waals surface area contributed by atoms with Crippen molar-refractivity contribution in [3.63, 3.8) is 0 Å². The molecule has 1 aromatic heterocycles. The molecule has 0 atom stereocenters. The standard InChI is InChI=1S/C17H17ClN4S/c1-9-10(2)23-17-15(9)16(12-4-6-13(18)7-5-12)21-8-14(20)22(17)11(3)19/h4-7,19-20H,8H2,1-3H3. The molecule has 118 valence electrons. The van der Waals surface area contributed by atoms with Crippen molar-refractivity contribution in [1.82, 2.24) is 0 Å². The summed E-state index contributed by atoms with van der Waals surface area (Å²) in [6.07, 6.45) is 0. The van der Waals surface area contributed by atoms with Crippen LogP contribution in [-0.2, 0) is 0 Å². The Hall–Kier alpha value is -1.98. The molecule has 0 bridgehead atoms. The molecule has 2 aromatic rings. The van der Waals surface area contributed by atoms with Crippen LogP contribution in [0.4, 0.5) is 5.00 Å². The zero-order valence-electron chi connectivity index (χ0n) is 13.2. The minimum atomic E-state index is 0.258. The lowest BCUT2D eigenvalue weighted by Crippen LogP contribution is -2.35. The predicted molar refractivity (Wildman–Crippen MR) is 99.4 cm³/mol. The molecule has 4 nitrogen and oxygen atoms in total. The van der Waals surface area contributed by atoms with E-state index < -0.39 is 0 Å². The highest BCUT2D eigenvalue weighted by Gasteiger charge is 2.28. The van der Waals surface area contributed by atoms with E-state index in [0.29, 0.717) is 16.7 Å². The van der Waals surface area contributed by atoms with Crippen LogP contribution in [0.5, 0.6) is 0 Å². The molecular formula is C17H17ClN4S. The van der Waals surface area contributed by atoms with Crippen molar-refractivity contribution in [1.29, 1.82) is 10.8 Å². The topological polar surface area (TPSA) is 63.3 Å². The highest BCUT2D eigenvalue weighted by Crippen LogP contribution is 2.38. The van der Waals surface area contributed by atoms with Crippen molar-refractivity contribution in [3.05, 3.63) is 50.9 Å². The first-order valence-corrected chi connectivity index (χ1v) is 8.43. The third-order valence-electron chi connectivity index (χ3n) is 3.92. The largest absolute Gasteiger partial charge is 0.288 e. The van der Waals surface area contributed by atoms with Gasteiger partial charge in [0.15, 0.2) is 0 Å². The zero-order chi connectivity index (χ0) is 16.7. The fourth-order valence-corrected chi connectivity index (χ4v) is 4.03. The molecule has 0 saturated heterocycles. The van der Waals surface area contributed by atoms with Gasteiger partial charge in [0.2, 0.25) is 0 Å². The summed E-state index contributed by atoms with van der Waals surface area (Å²) in [6, 6.07) is 7.61. The van der Waals surface area contributed by atoms with Crippen LogP contribution in [0.15, 0.2) is 29.3 Å². The van der Waals surface area contributed by atoms with Gasteiger partial charge in [-0.1, -0.05) is 23.7 Å². The number of amidine groups is 2. The van der Waals surface area contributed by atoms with Gasteiger partial charge in [0.05, 0.1) is 12.3 Å². The Morgan fingerprint density at radius 1 is 1.26 bits per heavy atom. The maximum Gasteiger partial charge on any atom is 0.129 e. The molecule has 2 N–H and O–H groups in total. The van der Waals surface area contributed by atoms with Gasteiger partial charge in [-0.05, 0) is 38.5 Å². The van der Waals surface area contributed by atoms with E-state index in [0.717, 1.165) is 27.4 Å². The van der Waals surface area contributed by atoms with E-state index in [2.05, 4.69) is 18.8 Å². The number of anilines is 1. The molecule has 0 aliphatic carbocycles. The Balaban J connectivity index is 2.25. The lowest BCUT2D eigenvalue weighted by atomic mass is 10.00. The second-order valence-corrected chi connectivity index (χ2v) is 7.14. The van der Waals surface area contributed by atoms with E-state index in [1.165, 1.54) is 4.88 Å². The van der Waals surface area contributed by atoms with E-state index in [1.54, 1.807) is 23.2 Å². The molecule has 0 unspecified atom stereocenters. The fourth-order valence-electron chi connectivity index (χ4n) is 2.67. The summed E-state index contributed by atoms with van der Waals surface area (Å²) < 4.78 is 0. The molecule has 1 aliphatic heterocycles. The van der Waals surface area contributed by atoms with Crippen LogP contribution in [0.1, 0.15) is 28.5 Å². The smallest absolute Gasteiger partial charge is 0.129 e. The number of nitrogens with zero attached hydrogens (tertiary/aromatic N) is 2. The lowest BCUT2D eigenvalue weighted by Gasteiger charge is -2.21. The number of aryl methyl sites for hydroxylation is 1. The molecule has 3 rings (SSSR count). The second kappa shape index (κ2) is 5.91. The number of hydrogen-bond donors (Lipinski definition) is 2. The first-order valence-electron chi connectivity index (χ1n) is 7.23. The van der Waals surface area contributed by atoms with Gasteiger partial charge in [0.1, 0.15) is 16.7 Å². The zero-order valence-corrected chi connectivity index (χ0v) is 14.8. The number of benzene rings is 1. The van der Waals surface area contributed by atoms with Crippen molar-refractivity contribution in [2.45, 2.75) is 20.8 Å². The van der Waals surface area contributed by atoms with Gasteiger partial charge in [-0.3, -0.25) is 20.7 Å². The second-order valence-electron chi connectivity index (χ2n) is 5.50. The minimum Gasteiger partial charge on any atom is -0.288 e. The number of fused-ring (bicyclic) bond motifs is 1. The number of thiophene rings is 1. The molecule has 0 saturated carbocycles. The summed E-state index contributed by atoms with van der Waals surface area (Å²) in [5.74, 6) is 0.661. The Labute approximate surface area is 144 Å². The van der Waals surface area contributed by atoms with E-state index in [-0.39, 0.29) is 6.54 Å². The Morgan fingerprint density at radius 2 is 1.91 bits per heavy atom. The van der Waals surface area contributed by atoms with Crippen molar-refractivity contribution in [2.75, 3.05) is 11.4 Å². The minimum absolute atomic E-state index is 0.258. The van der Waals surface area contributed by atoms with Crippen LogP contribution in [0.2, 0.25) is 5.02 Å². The molecule has 0 fully saturated rings. The number of aliphatic imine (C=N–C) groups is 1. The maximum atomic E-state index is 8.28. The van der Waals surface area contributed by atoms with Gasteiger partial charge >= 0.3 is 0 Å². The lowest BCUT2D eigenvalue weighted by molar-refractivity contribution is 1.20. The first kappa shape index (κ1) is 15.9. The SMILES string of the molecule is CC(=N)N1C(=N)CN=C(c2ccc(Cl)cc2)c2c1sc(C)c2C. The molecular weight excluding hydrogens is 328 g/mol. The Bertz CT molecular complexity index is 833. The summed E-state index contributed by atoms with van der Waals surface area (Å²) in [7, 11) is 0. The molecule has 23 heavy (non-hydrogen) atoms. The van der Waals surface area contributed by atoms with E-state index in [1.807, 2.05) is 24.3 Å². The summed E-state index contributed by atoms with van der Waals surface area (Å²) in [5, 5.41) is 17.9. The number of hydrogen-bond acceptors (Lipinski definition) is 4. The molecule has 1 aromatic carbocycles. The summed E-state index contributed by atoms with van der Waals surface area (Å²) in [6.45, 7) is 6.10. The van der Waals surface area contributed by atoms with E-state index in [4.69, 9.17) is 22.4 Å². The third kappa shape index (κ3) is 2.71. The fraction of sp³-hybridized carbons (Fsp3) is 0.235. The predicted octanol–water partition coefficient (Wildman–Crippen LogP) is 4.65. The van der Waals surface area contributed by atoms with Gasteiger partial charge in [-0.15, -0.1) is 11.3 Å². The highest BCUT2D eigenvalue weighted by molar-refractivity contribution is 7.17. The Kier molecular flexibility index (Phi) is 4.08. The highest BCUT2D eigenvalue weighted by atomic mass is 35.5. The number of rotatable bonds is 1. The molecule has 0 spiro atoms. The van der Waals surface area contributed by atoms with Crippen molar-refractivity contribution >= 4 is 45.3 Å². The van der Waals surface area contributed by atoms with Gasteiger partial charge in [-0.25, -0.2) is 0 Å². The van der Waals surface area contributed by atoms with Crippen LogP contribution in [-0.4, -0.2) is 23.9 Å². The van der Waals surface area contributed by atoms with Crippen molar-refractivity contribution < 1.29 is 0 Å². The molecule has 1 aliphatic rings. The molecule has 2 heterocycles. The van der Waals surface area contributed by atoms with E-state index >= 15 is 0 Å². The number of nitrogens with one attached hydrogen (secondary N) is 2. The van der Waals surface area contributed by atoms with Crippen molar-refractivity contribution in [3.8, 4) is 0 Å². The van der Waals surface area contributed by atoms with Crippen LogP contribution >= 0.6 is 22.9 Å². The normalized spacial score (nSPS) is 14.3. The van der Waals surface area contributed by atoms with Crippen LogP contribution in [0.25, 0.3) is 0 Å². The average Bonchev–Trinajstić information content (AvgIpc) is 2.68. The summed E-state index contributed by atoms with van der Waals surface area (Å²) in [5.41, 5.74) is 4.02. The van der Waals surface area contributed by atoms with Crippen LogP contribution in [0, 0.1) is 24.7 Å². The van der Waals surface area contributed by atoms with Gasteiger partial charge < -0.3 is 0 Å². The maximum absolute atomic E-state index is 8.28. The van der Waals surface area contributed by atoms with E-state index in [9.17, 15) is 0 Å². The van der Waals surface area contributed by atoms with Gasteiger partial charge in [-0.2, -0.15) is 0 Å². The van der Waals surface area contributed by atoms with Gasteiger partial charge in [0, 0.05) is 21.0 Å². The van der Waals surface area contributed by atoms with Gasteiger partial charge in [0.25, 0.3) is 0 Å². The quantitative estimate of drug-likeness (QED) is 0.574.